The number of nitrogens with zero attached hydrogens (tertiary/aromatic N) is 1. The molecule has 0 amide bonds. The van der Waals surface area contributed by atoms with Crippen molar-refractivity contribution in [2.24, 2.45) is 0 Å². The molecule has 3 heteroatoms. The van der Waals surface area contributed by atoms with Gasteiger partial charge in [-0.25, -0.2) is 0 Å². The molecule has 2 aliphatic rings. The van der Waals surface area contributed by atoms with Crippen molar-refractivity contribution in [1.82, 2.24) is 9.88 Å². The Labute approximate surface area is 150 Å². The van der Waals surface area contributed by atoms with E-state index in [0.717, 1.165) is 32.1 Å². The molecule has 0 bridgehead atoms. The summed E-state index contributed by atoms with van der Waals surface area (Å²) in [6, 6.07) is 7.26. The fourth-order valence-electron chi connectivity index (χ4n) is 4.54. The molecule has 1 aliphatic heterocycles. The first kappa shape index (κ1) is 16.9. The van der Waals surface area contributed by atoms with E-state index in [2.05, 4.69) is 47.4 Å². The molecule has 3 nitrogen and oxygen atoms in total. The minimum absolute atomic E-state index is 0.596. The van der Waals surface area contributed by atoms with Gasteiger partial charge in [0.05, 0.1) is 5.60 Å². The van der Waals surface area contributed by atoms with E-state index in [0.29, 0.717) is 6.04 Å². The number of aromatic nitrogens is 1. The highest BCUT2D eigenvalue weighted by Crippen LogP contribution is 2.30. The third-order valence-electron chi connectivity index (χ3n) is 6.22. The average Bonchev–Trinajstić information content (AvgIpc) is 3.21. The van der Waals surface area contributed by atoms with Gasteiger partial charge in [0, 0.05) is 23.1 Å². The number of aromatic amines is 1. The van der Waals surface area contributed by atoms with Crippen LogP contribution in [-0.4, -0.2) is 40.2 Å². The van der Waals surface area contributed by atoms with E-state index in [1.54, 1.807) is 0 Å². The van der Waals surface area contributed by atoms with Gasteiger partial charge >= 0.3 is 0 Å². The van der Waals surface area contributed by atoms with Crippen LogP contribution < -0.4 is 0 Å². The molecule has 0 radical (unpaired) electrons. The molecule has 0 spiro atoms. The second-order valence-corrected chi connectivity index (χ2v) is 8.10. The summed E-state index contributed by atoms with van der Waals surface area (Å²) in [4.78, 5) is 5.91. The van der Waals surface area contributed by atoms with Crippen LogP contribution in [0.2, 0.25) is 0 Å². The molecule has 1 saturated heterocycles. The van der Waals surface area contributed by atoms with Crippen LogP contribution in [0.3, 0.4) is 0 Å². The lowest BCUT2D eigenvalue weighted by molar-refractivity contribution is 0.0521. The maximum Gasteiger partial charge on any atom is 0.0830 e. The number of fused-ring (bicyclic) bond motifs is 1. The predicted molar refractivity (Wildman–Crippen MR) is 105 cm³/mol. The molecule has 1 aromatic heterocycles. The van der Waals surface area contributed by atoms with Gasteiger partial charge in [0.25, 0.3) is 0 Å². The normalized spacial score (nSPS) is 24.5. The Morgan fingerprint density at radius 3 is 2.84 bits per heavy atom. The zero-order chi connectivity index (χ0) is 17.3. The minimum Gasteiger partial charge on any atom is -0.386 e. The van der Waals surface area contributed by atoms with Gasteiger partial charge in [-0.15, -0.1) is 0 Å². The van der Waals surface area contributed by atoms with Crippen LogP contribution in [0.1, 0.15) is 56.1 Å². The molecule has 25 heavy (non-hydrogen) atoms. The molecule has 1 aromatic carbocycles. The largest absolute Gasteiger partial charge is 0.386 e. The molecule has 1 saturated carbocycles. The van der Waals surface area contributed by atoms with E-state index in [4.69, 9.17) is 0 Å². The van der Waals surface area contributed by atoms with Crippen molar-refractivity contribution in [2.75, 3.05) is 13.6 Å². The van der Waals surface area contributed by atoms with Crippen LogP contribution >= 0.6 is 0 Å². The third-order valence-corrected chi connectivity index (χ3v) is 6.22. The number of rotatable bonds is 4. The van der Waals surface area contributed by atoms with Crippen LogP contribution in [0.4, 0.5) is 0 Å². The highest BCUT2D eigenvalue weighted by molar-refractivity contribution is 5.85. The molecule has 4 rings (SSSR count). The fourth-order valence-corrected chi connectivity index (χ4v) is 4.54. The molecule has 1 aliphatic carbocycles. The van der Waals surface area contributed by atoms with Crippen LogP contribution in [0.15, 0.2) is 30.5 Å². The van der Waals surface area contributed by atoms with Gasteiger partial charge in [-0.05, 0) is 69.0 Å². The zero-order valence-corrected chi connectivity index (χ0v) is 15.3. The smallest absolute Gasteiger partial charge is 0.0830 e. The molecule has 2 fully saturated rings. The molecule has 2 aromatic rings. The lowest BCUT2D eigenvalue weighted by atomic mass is 9.84. The van der Waals surface area contributed by atoms with Crippen molar-refractivity contribution in [3.8, 4) is 0 Å². The van der Waals surface area contributed by atoms with E-state index in [-0.39, 0.29) is 0 Å². The topological polar surface area (TPSA) is 39.3 Å². The zero-order valence-electron chi connectivity index (χ0n) is 15.3. The molecule has 134 valence electrons. The number of likely N-dealkylation sites (tertiary alicyclic amines) is 1. The van der Waals surface area contributed by atoms with Crippen molar-refractivity contribution in [1.29, 1.82) is 0 Å². The van der Waals surface area contributed by atoms with Crippen LogP contribution in [0.5, 0.6) is 0 Å². The molecular formula is C22H30N2O. The van der Waals surface area contributed by atoms with Gasteiger partial charge in [0.2, 0.25) is 0 Å². The summed E-state index contributed by atoms with van der Waals surface area (Å²) >= 11 is 0. The Balaban J connectivity index is 1.55. The SMILES string of the molecule is CN1CCC[C@@H]1Cc1c[nH]c2ccc(/C=C/C3(O)CCCCC3)cc12. The number of benzene rings is 1. The average molecular weight is 338 g/mol. The molecule has 2 heterocycles. The van der Waals surface area contributed by atoms with Gasteiger partial charge in [-0.1, -0.05) is 37.5 Å². The van der Waals surface area contributed by atoms with Crippen molar-refractivity contribution in [3.63, 3.8) is 0 Å². The lowest BCUT2D eigenvalue weighted by Crippen LogP contribution is -2.28. The summed E-state index contributed by atoms with van der Waals surface area (Å²) in [6.07, 6.45) is 15.4. The number of likely N-dealkylation sites (N-methyl/N-ethyl adjacent to an activating group) is 1. The van der Waals surface area contributed by atoms with Crippen LogP contribution in [-0.2, 0) is 6.42 Å². The minimum atomic E-state index is -0.596. The van der Waals surface area contributed by atoms with E-state index >= 15 is 0 Å². The van der Waals surface area contributed by atoms with Gasteiger partial charge in [-0.3, -0.25) is 0 Å². The van der Waals surface area contributed by atoms with Crippen molar-refractivity contribution < 1.29 is 5.11 Å². The van der Waals surface area contributed by atoms with E-state index in [1.165, 1.54) is 47.8 Å². The van der Waals surface area contributed by atoms with Crippen LogP contribution in [0.25, 0.3) is 17.0 Å². The summed E-state index contributed by atoms with van der Waals surface area (Å²) in [5.74, 6) is 0. The fraction of sp³-hybridized carbons (Fsp3) is 0.545. The maximum absolute atomic E-state index is 10.7. The van der Waals surface area contributed by atoms with Crippen molar-refractivity contribution in [3.05, 3.63) is 41.6 Å². The van der Waals surface area contributed by atoms with E-state index in [1.807, 2.05) is 6.08 Å². The third kappa shape index (κ3) is 3.68. The Kier molecular flexibility index (Phi) is 4.70. The Hall–Kier alpha value is -1.58. The number of aliphatic hydroxyl groups is 1. The first-order valence-electron chi connectivity index (χ1n) is 9.85. The van der Waals surface area contributed by atoms with Gasteiger partial charge < -0.3 is 15.0 Å². The summed E-state index contributed by atoms with van der Waals surface area (Å²) in [5.41, 5.74) is 3.22. The molecule has 1 atom stereocenters. The number of H-pyrrole nitrogens is 1. The number of hydrogen-bond donors (Lipinski definition) is 2. The van der Waals surface area contributed by atoms with E-state index < -0.39 is 5.60 Å². The van der Waals surface area contributed by atoms with Gasteiger partial charge in [0.1, 0.15) is 0 Å². The highest BCUT2D eigenvalue weighted by atomic mass is 16.3. The standard InChI is InChI=1S/C22H30N2O/c1-24-13-5-6-19(24)15-18-16-23-21-8-7-17(14-20(18)21)9-12-22(25)10-3-2-4-11-22/h7-9,12,14,16,19,23,25H,2-6,10-11,13,15H2,1H3/b12-9+/t19-/m1/s1. The molecule has 0 unspecified atom stereocenters. The van der Waals surface area contributed by atoms with Crippen molar-refractivity contribution in [2.45, 2.75) is 63.0 Å². The second kappa shape index (κ2) is 6.97. The first-order valence-corrected chi connectivity index (χ1v) is 9.85. The Morgan fingerprint density at radius 2 is 2.08 bits per heavy atom. The summed E-state index contributed by atoms with van der Waals surface area (Å²) < 4.78 is 0. The van der Waals surface area contributed by atoms with Crippen molar-refractivity contribution >= 4 is 17.0 Å². The predicted octanol–water partition coefficient (Wildman–Crippen LogP) is 4.51. The number of nitrogens with one attached hydrogen (secondary N) is 1. The molecular weight excluding hydrogens is 308 g/mol. The summed E-state index contributed by atoms with van der Waals surface area (Å²) in [5, 5.41) is 12.0. The monoisotopic (exact) mass is 338 g/mol. The summed E-state index contributed by atoms with van der Waals surface area (Å²) in [6.45, 7) is 1.22. The van der Waals surface area contributed by atoms with E-state index in [9.17, 15) is 5.11 Å². The Morgan fingerprint density at radius 1 is 1.24 bits per heavy atom. The quantitative estimate of drug-likeness (QED) is 0.861. The highest BCUT2D eigenvalue weighted by Gasteiger charge is 2.26. The van der Waals surface area contributed by atoms with Gasteiger partial charge in [-0.2, -0.15) is 0 Å². The lowest BCUT2D eigenvalue weighted by Gasteiger charge is -2.28. The Bertz CT molecular complexity index is 754. The second-order valence-electron chi connectivity index (χ2n) is 8.10. The number of hydrogen-bond acceptors (Lipinski definition) is 2. The molecule has 2 N–H and O–H groups in total. The van der Waals surface area contributed by atoms with Gasteiger partial charge in [0.15, 0.2) is 0 Å². The van der Waals surface area contributed by atoms with Crippen LogP contribution in [0, 0.1) is 0 Å². The summed E-state index contributed by atoms with van der Waals surface area (Å²) in [7, 11) is 2.24. The maximum atomic E-state index is 10.7. The first-order chi connectivity index (χ1) is 12.1.